The van der Waals surface area contributed by atoms with Crippen molar-refractivity contribution in [2.24, 2.45) is 0 Å². The molecule has 0 unspecified atom stereocenters. The molecule has 1 aromatic carbocycles. The molecule has 0 amide bonds. The van der Waals surface area contributed by atoms with Gasteiger partial charge < -0.3 is 5.73 Å². The van der Waals surface area contributed by atoms with Crippen LogP contribution in [0.25, 0.3) is 0 Å². The molecule has 0 aliphatic carbocycles. The Morgan fingerprint density at radius 3 is 2.67 bits per heavy atom. The molecule has 0 spiro atoms. The summed E-state index contributed by atoms with van der Waals surface area (Å²) in [5.74, 6) is -2.69. The summed E-state index contributed by atoms with van der Waals surface area (Å²) in [4.78, 5) is 0.268. The molecular weight excluding hydrogens is 318 g/mol. The third-order valence-corrected chi connectivity index (χ3v) is 5.75. The van der Waals surface area contributed by atoms with Crippen molar-refractivity contribution in [1.82, 2.24) is 4.31 Å². The quantitative estimate of drug-likeness (QED) is 0.856. The second kappa shape index (κ2) is 6.08. The summed E-state index contributed by atoms with van der Waals surface area (Å²) in [5, 5.41) is 1.89. The van der Waals surface area contributed by atoms with Crippen LogP contribution in [-0.4, -0.2) is 26.3 Å². The molecule has 1 heterocycles. The van der Waals surface area contributed by atoms with Gasteiger partial charge in [-0.3, -0.25) is 0 Å². The highest BCUT2D eigenvalue weighted by Crippen LogP contribution is 2.24. The zero-order valence-electron chi connectivity index (χ0n) is 11.2. The molecule has 0 fully saturated rings. The second-order valence-corrected chi connectivity index (χ2v) is 7.52. The van der Waals surface area contributed by atoms with Crippen molar-refractivity contribution in [3.63, 3.8) is 0 Å². The maximum absolute atomic E-state index is 13.7. The lowest BCUT2D eigenvalue weighted by atomic mass is 10.3. The average molecular weight is 332 g/mol. The van der Waals surface area contributed by atoms with Gasteiger partial charge in [0.25, 0.3) is 0 Å². The molecule has 4 nitrogen and oxygen atoms in total. The maximum atomic E-state index is 13.7. The van der Waals surface area contributed by atoms with E-state index in [4.69, 9.17) is 5.73 Å². The topological polar surface area (TPSA) is 63.4 Å². The zero-order chi connectivity index (χ0) is 15.6. The van der Waals surface area contributed by atoms with Crippen molar-refractivity contribution in [2.75, 3.05) is 19.3 Å². The molecule has 2 N–H and O–H groups in total. The standard InChI is InChI=1S/C13H14F2N2O2S2/c1-17(5-4-10-3-2-6-20-10)21(18,19)12-8-9(16)7-11(14)13(12)15/h2-3,6-8H,4-5,16H2,1H3. The second-order valence-electron chi connectivity index (χ2n) is 4.47. The number of nitrogens with zero attached hydrogens (tertiary/aromatic N) is 1. The number of likely N-dealkylation sites (N-methyl/N-ethyl adjacent to an activating group) is 1. The monoisotopic (exact) mass is 332 g/mol. The summed E-state index contributed by atoms with van der Waals surface area (Å²) in [6.07, 6.45) is 0.500. The van der Waals surface area contributed by atoms with Crippen LogP contribution in [0.2, 0.25) is 0 Å². The van der Waals surface area contributed by atoms with Crippen LogP contribution in [0.4, 0.5) is 14.5 Å². The van der Waals surface area contributed by atoms with E-state index in [1.807, 2.05) is 17.5 Å². The minimum atomic E-state index is -4.12. The number of nitrogen functional groups attached to an aromatic ring is 1. The number of benzene rings is 1. The van der Waals surface area contributed by atoms with Gasteiger partial charge in [-0.2, -0.15) is 0 Å². The molecule has 0 aliphatic heterocycles. The van der Waals surface area contributed by atoms with E-state index in [0.29, 0.717) is 6.42 Å². The van der Waals surface area contributed by atoms with Crippen LogP contribution in [0.1, 0.15) is 4.88 Å². The zero-order valence-corrected chi connectivity index (χ0v) is 12.8. The van der Waals surface area contributed by atoms with Crippen LogP contribution >= 0.6 is 11.3 Å². The van der Waals surface area contributed by atoms with E-state index in [1.54, 1.807) is 0 Å². The molecule has 2 aromatic rings. The van der Waals surface area contributed by atoms with Crippen molar-refractivity contribution >= 4 is 27.0 Å². The summed E-state index contributed by atoms with van der Waals surface area (Å²) in [5.41, 5.74) is 5.25. The highest BCUT2D eigenvalue weighted by molar-refractivity contribution is 7.89. The summed E-state index contributed by atoms with van der Waals surface area (Å²) < 4.78 is 52.6. The Bertz CT molecular complexity index is 731. The molecule has 0 saturated heterocycles. The summed E-state index contributed by atoms with van der Waals surface area (Å²) >= 11 is 1.50. The van der Waals surface area contributed by atoms with Gasteiger partial charge in [-0.05, 0) is 30.0 Å². The Kier molecular flexibility index (Phi) is 4.60. The SMILES string of the molecule is CN(CCc1cccs1)S(=O)(=O)c1cc(N)cc(F)c1F. The van der Waals surface area contributed by atoms with Gasteiger partial charge in [0, 0.05) is 24.2 Å². The van der Waals surface area contributed by atoms with Crippen LogP contribution in [0.15, 0.2) is 34.5 Å². The molecule has 0 saturated carbocycles. The lowest BCUT2D eigenvalue weighted by molar-refractivity contribution is 0.452. The number of hydrogen-bond donors (Lipinski definition) is 1. The number of hydrogen-bond acceptors (Lipinski definition) is 4. The van der Waals surface area contributed by atoms with E-state index in [0.717, 1.165) is 21.3 Å². The van der Waals surface area contributed by atoms with Crippen LogP contribution in [0, 0.1) is 11.6 Å². The number of rotatable bonds is 5. The average Bonchev–Trinajstić information content (AvgIpc) is 2.93. The maximum Gasteiger partial charge on any atom is 0.245 e. The minimum absolute atomic E-state index is 0.140. The smallest absolute Gasteiger partial charge is 0.245 e. The Morgan fingerprint density at radius 2 is 2.05 bits per heavy atom. The number of thiophene rings is 1. The Labute approximate surface area is 125 Å². The van der Waals surface area contributed by atoms with E-state index in [-0.39, 0.29) is 12.2 Å². The number of sulfonamides is 1. The van der Waals surface area contributed by atoms with Gasteiger partial charge in [0.15, 0.2) is 11.6 Å². The van der Waals surface area contributed by atoms with Crippen molar-refractivity contribution in [1.29, 1.82) is 0 Å². The molecule has 0 bridgehead atoms. The fraction of sp³-hybridized carbons (Fsp3) is 0.231. The first-order valence-corrected chi connectivity index (χ1v) is 8.37. The fourth-order valence-corrected chi connectivity index (χ4v) is 3.76. The van der Waals surface area contributed by atoms with E-state index in [2.05, 4.69) is 0 Å². The Morgan fingerprint density at radius 1 is 1.33 bits per heavy atom. The van der Waals surface area contributed by atoms with Gasteiger partial charge in [-0.1, -0.05) is 6.07 Å². The van der Waals surface area contributed by atoms with E-state index in [9.17, 15) is 17.2 Å². The molecule has 0 atom stereocenters. The third kappa shape index (κ3) is 3.39. The predicted molar refractivity (Wildman–Crippen MR) is 78.6 cm³/mol. The lowest BCUT2D eigenvalue weighted by Gasteiger charge is -2.17. The highest BCUT2D eigenvalue weighted by Gasteiger charge is 2.26. The molecular formula is C13H14F2N2O2S2. The van der Waals surface area contributed by atoms with Crippen molar-refractivity contribution in [3.05, 3.63) is 46.2 Å². The number of nitrogens with two attached hydrogens (primary N) is 1. The molecule has 21 heavy (non-hydrogen) atoms. The molecule has 1 aromatic heterocycles. The van der Waals surface area contributed by atoms with Gasteiger partial charge in [0.2, 0.25) is 10.0 Å². The van der Waals surface area contributed by atoms with Crippen molar-refractivity contribution in [3.8, 4) is 0 Å². The molecule has 2 rings (SSSR count). The predicted octanol–water partition coefficient (Wildman–Crippen LogP) is 2.47. The Balaban J connectivity index is 2.25. The van der Waals surface area contributed by atoms with Gasteiger partial charge in [-0.15, -0.1) is 11.3 Å². The lowest BCUT2D eigenvalue weighted by Crippen LogP contribution is -2.30. The normalized spacial score (nSPS) is 12.0. The van der Waals surface area contributed by atoms with Gasteiger partial charge >= 0.3 is 0 Å². The van der Waals surface area contributed by atoms with E-state index >= 15 is 0 Å². The number of anilines is 1. The largest absolute Gasteiger partial charge is 0.399 e. The molecule has 0 aliphatic rings. The van der Waals surface area contributed by atoms with Gasteiger partial charge in [-0.25, -0.2) is 21.5 Å². The van der Waals surface area contributed by atoms with E-state index in [1.165, 1.54) is 18.4 Å². The van der Waals surface area contributed by atoms with Crippen LogP contribution < -0.4 is 5.73 Å². The number of halogens is 2. The van der Waals surface area contributed by atoms with Crippen LogP contribution in [0.5, 0.6) is 0 Å². The first kappa shape index (κ1) is 15.9. The first-order valence-electron chi connectivity index (χ1n) is 6.05. The van der Waals surface area contributed by atoms with Crippen molar-refractivity contribution in [2.45, 2.75) is 11.3 Å². The summed E-state index contributed by atoms with van der Waals surface area (Å²) in [6.45, 7) is 0.165. The Hall–Kier alpha value is -1.51. The third-order valence-electron chi connectivity index (χ3n) is 2.96. The molecule has 114 valence electrons. The van der Waals surface area contributed by atoms with Crippen LogP contribution in [0.3, 0.4) is 0 Å². The summed E-state index contributed by atoms with van der Waals surface area (Å²) in [6, 6.07) is 5.42. The molecule has 8 heteroatoms. The fourth-order valence-electron chi connectivity index (χ4n) is 1.78. The molecule has 0 radical (unpaired) electrons. The van der Waals surface area contributed by atoms with E-state index < -0.39 is 26.6 Å². The highest BCUT2D eigenvalue weighted by atomic mass is 32.2. The first-order chi connectivity index (χ1) is 9.82. The van der Waals surface area contributed by atoms with Gasteiger partial charge in [0.1, 0.15) is 4.90 Å². The van der Waals surface area contributed by atoms with Crippen molar-refractivity contribution < 1.29 is 17.2 Å². The minimum Gasteiger partial charge on any atom is -0.399 e. The van der Waals surface area contributed by atoms with Gasteiger partial charge in [0.05, 0.1) is 0 Å². The summed E-state index contributed by atoms with van der Waals surface area (Å²) in [7, 11) is -2.80. The van der Waals surface area contributed by atoms with Crippen LogP contribution in [-0.2, 0) is 16.4 Å².